The number of hydrogen-bond acceptors (Lipinski definition) is 4. The summed E-state index contributed by atoms with van der Waals surface area (Å²) in [5.41, 5.74) is 4.84. The van der Waals surface area contributed by atoms with E-state index in [1.54, 1.807) is 0 Å². The van der Waals surface area contributed by atoms with Crippen LogP contribution in [0.15, 0.2) is 30.3 Å². The first kappa shape index (κ1) is 22.6. The fourth-order valence-electron chi connectivity index (χ4n) is 6.14. The maximum Gasteiger partial charge on any atom is 0.274 e. The summed E-state index contributed by atoms with van der Waals surface area (Å²) in [4.78, 5) is 15.2. The van der Waals surface area contributed by atoms with E-state index in [4.69, 9.17) is 9.84 Å². The van der Waals surface area contributed by atoms with E-state index in [0.29, 0.717) is 38.0 Å². The molecule has 5 rings (SSSR count). The number of carbonyl (C=O) groups is 1. The van der Waals surface area contributed by atoms with Crippen LogP contribution < -0.4 is 5.32 Å². The Morgan fingerprint density at radius 3 is 2.64 bits per heavy atom. The first-order chi connectivity index (χ1) is 16.2. The molecule has 3 aliphatic rings. The molecule has 2 heterocycles. The summed E-state index contributed by atoms with van der Waals surface area (Å²) in [6.07, 6.45) is 9.49. The molecule has 1 aromatic heterocycles. The summed E-state index contributed by atoms with van der Waals surface area (Å²) in [5, 5.41) is 8.75. The Kier molecular flexibility index (Phi) is 6.84. The Labute approximate surface area is 197 Å². The highest BCUT2D eigenvalue weighted by atomic mass is 16.5. The summed E-state index contributed by atoms with van der Waals surface area (Å²) in [7, 11) is 0. The molecule has 0 radical (unpaired) electrons. The quantitative estimate of drug-likeness (QED) is 0.729. The zero-order valence-electron chi connectivity index (χ0n) is 20.0. The predicted molar refractivity (Wildman–Crippen MR) is 130 cm³/mol. The molecule has 2 fully saturated rings. The maximum atomic E-state index is 13.3. The van der Waals surface area contributed by atoms with Crippen LogP contribution in [0, 0.1) is 0 Å². The van der Waals surface area contributed by atoms with Gasteiger partial charge in [0.1, 0.15) is 0 Å². The third-order valence-electron chi connectivity index (χ3n) is 8.07. The zero-order valence-corrected chi connectivity index (χ0v) is 20.0. The standard InChI is InChI=1S/C27H38N4O2/c1-2-31-24-12-11-22(19-23(24)25(29-31)26(32)30-15-17-33-18-16-30)28-20-27(13-7-4-8-14-27)21-9-5-3-6-10-21/h3,5-6,9-10,22,28H,2,4,7-8,11-20H2,1H3/t22-/m1/s1. The van der Waals surface area contributed by atoms with Crippen molar-refractivity contribution in [1.82, 2.24) is 20.0 Å². The normalized spacial score (nSPS) is 22.7. The molecule has 1 saturated heterocycles. The van der Waals surface area contributed by atoms with Crippen molar-refractivity contribution in [2.75, 3.05) is 32.8 Å². The smallest absolute Gasteiger partial charge is 0.274 e. The van der Waals surface area contributed by atoms with Crippen molar-refractivity contribution < 1.29 is 9.53 Å². The number of fused-ring (bicyclic) bond motifs is 1. The summed E-state index contributed by atoms with van der Waals surface area (Å²) in [6, 6.07) is 11.5. The number of morpholine rings is 1. The number of amides is 1. The number of carbonyl (C=O) groups excluding carboxylic acids is 1. The van der Waals surface area contributed by atoms with Gasteiger partial charge in [0.05, 0.1) is 13.2 Å². The highest BCUT2D eigenvalue weighted by Gasteiger charge is 2.36. The van der Waals surface area contributed by atoms with Crippen LogP contribution in [-0.4, -0.2) is 59.5 Å². The van der Waals surface area contributed by atoms with Crippen molar-refractivity contribution >= 4 is 5.91 Å². The lowest BCUT2D eigenvalue weighted by Crippen LogP contribution is -2.46. The lowest BCUT2D eigenvalue weighted by atomic mass is 9.69. The second-order valence-electron chi connectivity index (χ2n) is 10.0. The molecule has 178 valence electrons. The molecule has 6 nitrogen and oxygen atoms in total. The second-order valence-corrected chi connectivity index (χ2v) is 10.0. The monoisotopic (exact) mass is 450 g/mol. The molecule has 1 saturated carbocycles. The maximum absolute atomic E-state index is 13.3. The van der Waals surface area contributed by atoms with Crippen molar-refractivity contribution in [3.8, 4) is 0 Å². The fourth-order valence-corrected chi connectivity index (χ4v) is 6.14. The summed E-state index contributed by atoms with van der Waals surface area (Å²) in [5.74, 6) is 0.0791. The average Bonchev–Trinajstić information content (AvgIpc) is 3.26. The molecule has 2 aromatic rings. The molecule has 33 heavy (non-hydrogen) atoms. The van der Waals surface area contributed by atoms with Crippen molar-refractivity contribution in [3.05, 3.63) is 52.8 Å². The van der Waals surface area contributed by atoms with Gasteiger partial charge in [0.2, 0.25) is 0 Å². The highest BCUT2D eigenvalue weighted by Crippen LogP contribution is 2.39. The van der Waals surface area contributed by atoms with Crippen molar-refractivity contribution in [2.24, 2.45) is 0 Å². The largest absolute Gasteiger partial charge is 0.378 e. The lowest BCUT2D eigenvalue weighted by Gasteiger charge is -2.40. The number of benzene rings is 1. The van der Waals surface area contributed by atoms with Crippen LogP contribution in [0.1, 0.15) is 72.8 Å². The van der Waals surface area contributed by atoms with Gasteiger partial charge in [-0.05, 0) is 44.6 Å². The molecule has 0 unspecified atom stereocenters. The van der Waals surface area contributed by atoms with Gasteiger partial charge >= 0.3 is 0 Å². The molecule has 1 amide bonds. The van der Waals surface area contributed by atoms with Crippen molar-refractivity contribution in [3.63, 3.8) is 0 Å². The first-order valence-electron chi connectivity index (χ1n) is 12.9. The number of nitrogens with zero attached hydrogens (tertiary/aromatic N) is 3. The summed E-state index contributed by atoms with van der Waals surface area (Å²) in [6.45, 7) is 6.51. The van der Waals surface area contributed by atoms with E-state index in [9.17, 15) is 4.79 Å². The molecule has 0 spiro atoms. The van der Waals surface area contributed by atoms with Crippen LogP contribution >= 0.6 is 0 Å². The van der Waals surface area contributed by atoms with E-state index in [1.165, 1.54) is 48.9 Å². The second kappa shape index (κ2) is 9.98. The summed E-state index contributed by atoms with van der Waals surface area (Å²) < 4.78 is 7.51. The molecule has 1 atom stereocenters. The molecule has 6 heteroatoms. The number of aromatic nitrogens is 2. The molecule has 2 aliphatic carbocycles. The van der Waals surface area contributed by atoms with Gasteiger partial charge in [-0.1, -0.05) is 49.6 Å². The molecular weight excluding hydrogens is 412 g/mol. The van der Waals surface area contributed by atoms with Crippen molar-refractivity contribution in [1.29, 1.82) is 0 Å². The minimum absolute atomic E-state index is 0.0791. The van der Waals surface area contributed by atoms with Gasteiger partial charge in [-0.3, -0.25) is 9.48 Å². The molecule has 1 aromatic carbocycles. The highest BCUT2D eigenvalue weighted by molar-refractivity contribution is 5.94. The predicted octanol–water partition coefficient (Wildman–Crippen LogP) is 3.72. The number of rotatable bonds is 6. The Morgan fingerprint density at radius 2 is 1.91 bits per heavy atom. The minimum atomic E-state index is 0.0791. The summed E-state index contributed by atoms with van der Waals surface area (Å²) >= 11 is 0. The Hall–Kier alpha value is -2.18. The lowest BCUT2D eigenvalue weighted by molar-refractivity contribution is 0.0297. The van der Waals surface area contributed by atoms with E-state index in [1.807, 2.05) is 4.90 Å². The van der Waals surface area contributed by atoms with Gasteiger partial charge in [0, 0.05) is 48.9 Å². The fraction of sp³-hybridized carbons (Fsp3) is 0.630. The van der Waals surface area contributed by atoms with Crippen LogP contribution in [0.4, 0.5) is 0 Å². The molecular formula is C27H38N4O2. The van der Waals surface area contributed by atoms with Gasteiger partial charge in [-0.2, -0.15) is 5.10 Å². The third kappa shape index (κ3) is 4.60. The van der Waals surface area contributed by atoms with Gasteiger partial charge < -0.3 is 15.0 Å². The SMILES string of the molecule is CCn1nc(C(=O)N2CCOCC2)c2c1CC[C@@H](NCC1(c3ccccc3)CCCCC1)C2. The Bertz CT molecular complexity index is 943. The topological polar surface area (TPSA) is 59.4 Å². The number of nitrogens with one attached hydrogen (secondary N) is 1. The van der Waals surface area contributed by atoms with E-state index in [2.05, 4.69) is 47.3 Å². The molecule has 1 N–H and O–H groups in total. The van der Waals surface area contributed by atoms with Crippen LogP contribution in [0.5, 0.6) is 0 Å². The van der Waals surface area contributed by atoms with Crippen LogP contribution in [0.3, 0.4) is 0 Å². The Balaban J connectivity index is 1.33. The number of ether oxygens (including phenoxy) is 1. The number of hydrogen-bond donors (Lipinski definition) is 1. The van der Waals surface area contributed by atoms with E-state index in [0.717, 1.165) is 32.4 Å². The van der Waals surface area contributed by atoms with Gasteiger partial charge in [0.15, 0.2) is 5.69 Å². The first-order valence-corrected chi connectivity index (χ1v) is 12.9. The van der Waals surface area contributed by atoms with Gasteiger partial charge in [0.25, 0.3) is 5.91 Å². The van der Waals surface area contributed by atoms with Crippen LogP contribution in [0.2, 0.25) is 0 Å². The minimum Gasteiger partial charge on any atom is -0.378 e. The van der Waals surface area contributed by atoms with Crippen LogP contribution in [-0.2, 0) is 29.5 Å². The van der Waals surface area contributed by atoms with E-state index >= 15 is 0 Å². The van der Waals surface area contributed by atoms with Gasteiger partial charge in [-0.25, -0.2) is 0 Å². The average molecular weight is 451 g/mol. The van der Waals surface area contributed by atoms with Crippen LogP contribution in [0.25, 0.3) is 0 Å². The number of aryl methyl sites for hydroxylation is 1. The van der Waals surface area contributed by atoms with Gasteiger partial charge in [-0.15, -0.1) is 0 Å². The molecule has 0 bridgehead atoms. The van der Waals surface area contributed by atoms with Crippen molar-refractivity contribution in [2.45, 2.75) is 76.3 Å². The Morgan fingerprint density at radius 1 is 1.15 bits per heavy atom. The molecule has 1 aliphatic heterocycles. The van der Waals surface area contributed by atoms with E-state index < -0.39 is 0 Å². The van der Waals surface area contributed by atoms with E-state index in [-0.39, 0.29) is 11.3 Å². The zero-order chi connectivity index (χ0) is 22.7. The third-order valence-corrected chi connectivity index (χ3v) is 8.07.